The predicted octanol–water partition coefficient (Wildman–Crippen LogP) is -0.243. The van der Waals surface area contributed by atoms with Gasteiger partial charge in [0.15, 0.2) is 12.0 Å². The second kappa shape index (κ2) is 6.08. The average Bonchev–Trinajstić information content (AvgIpc) is 3.33. The summed E-state index contributed by atoms with van der Waals surface area (Å²) in [5.74, 6) is 0.418. The minimum atomic E-state index is -1.36. The lowest BCUT2D eigenvalue weighted by Gasteiger charge is -2.19. The molecule has 1 saturated heterocycles. The molecule has 5 N–H and O–H groups in total. The van der Waals surface area contributed by atoms with Crippen LogP contribution in [0.1, 0.15) is 11.8 Å². The van der Waals surface area contributed by atoms with Crippen LogP contribution in [0, 0.1) is 11.3 Å². The van der Waals surface area contributed by atoms with Gasteiger partial charge in [-0.3, -0.25) is 4.57 Å². The average molecular weight is 357 g/mol. The second-order valence-electron chi connectivity index (χ2n) is 5.87. The third-order valence-electron chi connectivity index (χ3n) is 4.45. The van der Waals surface area contributed by atoms with Gasteiger partial charge in [0.2, 0.25) is 0 Å². The zero-order chi connectivity index (χ0) is 18.4. The molecule has 3 aromatic rings. The molecule has 0 saturated carbocycles. The van der Waals surface area contributed by atoms with Gasteiger partial charge >= 0.3 is 0 Å². The van der Waals surface area contributed by atoms with E-state index in [2.05, 4.69) is 16.0 Å². The van der Waals surface area contributed by atoms with Crippen LogP contribution in [0.25, 0.3) is 22.5 Å². The summed E-state index contributed by atoms with van der Waals surface area (Å²) in [6.07, 6.45) is -2.11. The Morgan fingerprint density at radius 1 is 1.31 bits per heavy atom. The lowest BCUT2D eigenvalue weighted by molar-refractivity contribution is -0.0502. The molecule has 26 heavy (non-hydrogen) atoms. The van der Waals surface area contributed by atoms with Crippen molar-refractivity contribution in [3.05, 3.63) is 30.3 Å². The van der Waals surface area contributed by atoms with Crippen LogP contribution in [0.2, 0.25) is 0 Å². The monoisotopic (exact) mass is 357 g/mol. The quantitative estimate of drug-likeness (QED) is 0.495. The van der Waals surface area contributed by atoms with Crippen LogP contribution in [0.5, 0.6) is 0 Å². The van der Waals surface area contributed by atoms with E-state index in [-0.39, 0.29) is 22.7 Å². The van der Waals surface area contributed by atoms with Crippen LogP contribution in [0.4, 0.5) is 5.82 Å². The normalized spacial score (nSPS) is 25.6. The molecule has 4 heterocycles. The first-order valence-corrected chi connectivity index (χ1v) is 7.79. The zero-order valence-electron chi connectivity index (χ0n) is 13.4. The Kier molecular flexibility index (Phi) is 3.86. The fraction of sp³-hybridized carbons (Fsp3) is 0.312. The maximum absolute atomic E-state index is 10.5. The molecule has 0 bridgehead atoms. The third-order valence-corrected chi connectivity index (χ3v) is 4.45. The number of aliphatic hydroxyl groups excluding tert-OH is 3. The van der Waals surface area contributed by atoms with E-state index in [0.717, 1.165) is 0 Å². The van der Waals surface area contributed by atoms with E-state index in [0.29, 0.717) is 11.1 Å². The summed E-state index contributed by atoms with van der Waals surface area (Å²) < 4.78 is 12.5. The molecule has 1 aliphatic heterocycles. The third kappa shape index (κ3) is 2.19. The number of nitrogens with two attached hydrogens (primary N) is 1. The standard InChI is InChI=1S/C16H15N5O5/c17-4-7-10-14(18)19-6-20-15(10)21(11(7)8-2-1-3-25-8)16-13(24)12(23)9(5-22)26-16/h1-3,6,9,12-13,16,22-24H,5H2,(H2,18,19,20)/t9-,12-,13+,16+/m1/s1. The highest BCUT2D eigenvalue weighted by Gasteiger charge is 2.45. The lowest BCUT2D eigenvalue weighted by Crippen LogP contribution is -2.33. The molecule has 1 fully saturated rings. The molecule has 1 aliphatic rings. The van der Waals surface area contributed by atoms with E-state index in [9.17, 15) is 20.6 Å². The highest BCUT2D eigenvalue weighted by molar-refractivity contribution is 5.98. The van der Waals surface area contributed by atoms with Crippen molar-refractivity contribution in [1.82, 2.24) is 14.5 Å². The summed E-state index contributed by atoms with van der Waals surface area (Å²) in [4.78, 5) is 8.10. The van der Waals surface area contributed by atoms with Crippen LogP contribution in [-0.4, -0.2) is 54.8 Å². The highest BCUT2D eigenvalue weighted by Crippen LogP contribution is 2.41. The largest absolute Gasteiger partial charge is 0.463 e. The van der Waals surface area contributed by atoms with Gasteiger partial charge in [-0.05, 0) is 12.1 Å². The molecule has 134 valence electrons. The van der Waals surface area contributed by atoms with E-state index in [4.69, 9.17) is 14.9 Å². The maximum Gasteiger partial charge on any atom is 0.165 e. The second-order valence-corrected chi connectivity index (χ2v) is 5.87. The smallest absolute Gasteiger partial charge is 0.165 e. The molecule has 10 heteroatoms. The number of rotatable bonds is 3. The number of aliphatic hydroxyl groups is 3. The van der Waals surface area contributed by atoms with Crippen LogP contribution in [-0.2, 0) is 4.74 Å². The molecule has 0 amide bonds. The van der Waals surface area contributed by atoms with Crippen LogP contribution >= 0.6 is 0 Å². The summed E-state index contributed by atoms with van der Waals surface area (Å²) in [6.45, 7) is -0.480. The van der Waals surface area contributed by atoms with Crippen molar-refractivity contribution in [2.24, 2.45) is 0 Å². The van der Waals surface area contributed by atoms with Crippen molar-refractivity contribution < 1.29 is 24.5 Å². The van der Waals surface area contributed by atoms with Crippen molar-refractivity contribution in [1.29, 1.82) is 5.26 Å². The number of nitrogens with zero attached hydrogens (tertiary/aromatic N) is 4. The fourth-order valence-electron chi connectivity index (χ4n) is 3.26. The Hall–Kier alpha value is -2.97. The molecular weight excluding hydrogens is 342 g/mol. The van der Waals surface area contributed by atoms with Gasteiger partial charge in [0.05, 0.1) is 23.8 Å². The van der Waals surface area contributed by atoms with Crippen molar-refractivity contribution in [3.8, 4) is 17.5 Å². The van der Waals surface area contributed by atoms with Crippen LogP contribution in [0.3, 0.4) is 0 Å². The number of ether oxygens (including phenoxy) is 1. The van der Waals surface area contributed by atoms with Gasteiger partial charge < -0.3 is 30.2 Å². The minimum Gasteiger partial charge on any atom is -0.463 e. The molecule has 0 unspecified atom stereocenters. The van der Waals surface area contributed by atoms with Gasteiger partial charge in [0.1, 0.15) is 47.9 Å². The van der Waals surface area contributed by atoms with Crippen molar-refractivity contribution in [3.63, 3.8) is 0 Å². The van der Waals surface area contributed by atoms with Gasteiger partial charge in [-0.15, -0.1) is 0 Å². The predicted molar refractivity (Wildman–Crippen MR) is 87.4 cm³/mol. The van der Waals surface area contributed by atoms with E-state index < -0.39 is 31.1 Å². The number of fused-ring (bicyclic) bond motifs is 1. The number of nitrogen functional groups attached to an aromatic ring is 1. The fourth-order valence-corrected chi connectivity index (χ4v) is 3.26. The Morgan fingerprint density at radius 3 is 2.73 bits per heavy atom. The highest BCUT2D eigenvalue weighted by atomic mass is 16.6. The van der Waals surface area contributed by atoms with Gasteiger partial charge in [0.25, 0.3) is 0 Å². The first-order valence-electron chi connectivity index (χ1n) is 7.79. The van der Waals surface area contributed by atoms with Crippen LogP contribution < -0.4 is 5.73 Å². The Labute approximate surface area is 146 Å². The number of anilines is 1. The number of hydrogen-bond acceptors (Lipinski definition) is 9. The zero-order valence-corrected chi connectivity index (χ0v) is 13.4. The van der Waals surface area contributed by atoms with E-state index in [1.54, 1.807) is 12.1 Å². The molecule has 0 radical (unpaired) electrons. The first-order chi connectivity index (χ1) is 12.6. The lowest BCUT2D eigenvalue weighted by atomic mass is 10.1. The first kappa shape index (κ1) is 16.5. The van der Waals surface area contributed by atoms with Gasteiger partial charge in [0, 0.05) is 0 Å². The summed E-state index contributed by atoms with van der Waals surface area (Å²) in [6, 6.07) is 5.35. The van der Waals surface area contributed by atoms with Gasteiger partial charge in [-0.2, -0.15) is 5.26 Å². The topological polar surface area (TPSA) is 164 Å². The van der Waals surface area contributed by atoms with E-state index in [1.165, 1.54) is 17.2 Å². The maximum atomic E-state index is 10.5. The molecule has 0 aliphatic carbocycles. The summed E-state index contributed by atoms with van der Waals surface area (Å²) >= 11 is 0. The molecule has 0 aromatic carbocycles. The summed E-state index contributed by atoms with van der Waals surface area (Å²) in [7, 11) is 0. The van der Waals surface area contributed by atoms with Crippen LogP contribution in [0.15, 0.2) is 29.1 Å². The van der Waals surface area contributed by atoms with Crippen molar-refractivity contribution >= 4 is 16.9 Å². The van der Waals surface area contributed by atoms with E-state index >= 15 is 0 Å². The van der Waals surface area contributed by atoms with Crippen molar-refractivity contribution in [2.45, 2.75) is 24.5 Å². The number of aromatic nitrogens is 3. The minimum absolute atomic E-state index is 0.0878. The summed E-state index contributed by atoms with van der Waals surface area (Å²) in [5, 5.41) is 39.9. The Morgan fingerprint density at radius 2 is 2.12 bits per heavy atom. The molecule has 3 aromatic heterocycles. The Bertz CT molecular complexity index is 993. The number of furan rings is 1. The summed E-state index contributed by atoms with van der Waals surface area (Å²) in [5.41, 5.74) is 6.63. The number of nitriles is 1. The molecule has 4 atom stereocenters. The molecule has 0 spiro atoms. The van der Waals surface area contributed by atoms with Gasteiger partial charge in [-0.25, -0.2) is 9.97 Å². The molecular formula is C16H15N5O5. The SMILES string of the molecule is N#Cc1c(-c2ccco2)n([C@H]2O[C@H](CO)[C@@H](O)[C@@H]2O)c2ncnc(N)c12. The molecule has 4 rings (SSSR count). The van der Waals surface area contributed by atoms with Crippen molar-refractivity contribution in [2.75, 3.05) is 12.3 Å². The Balaban J connectivity index is 2.04. The van der Waals surface area contributed by atoms with Gasteiger partial charge in [-0.1, -0.05) is 0 Å². The molecule has 10 nitrogen and oxygen atoms in total. The number of hydrogen-bond donors (Lipinski definition) is 4. The van der Waals surface area contributed by atoms with E-state index in [1.807, 2.05) is 0 Å².